The Labute approximate surface area is 109 Å². The van der Waals surface area contributed by atoms with Gasteiger partial charge >= 0.3 is 0 Å². The molecule has 96 valence electrons. The smallest absolute Gasteiger partial charge is 0.0537 e. The molecular weight excluding hydrogens is 222 g/mol. The van der Waals surface area contributed by atoms with Gasteiger partial charge in [0, 0.05) is 24.8 Å². The van der Waals surface area contributed by atoms with Gasteiger partial charge in [0.15, 0.2) is 0 Å². The Kier molecular flexibility index (Phi) is 3.82. The first-order chi connectivity index (χ1) is 8.61. The summed E-state index contributed by atoms with van der Waals surface area (Å²) in [7, 11) is 3.96. The van der Waals surface area contributed by atoms with Gasteiger partial charge in [-0.25, -0.2) is 0 Å². The number of nitrogens with zero attached hydrogens (tertiary/aromatic N) is 2. The number of benzene rings is 1. The molecule has 0 fully saturated rings. The summed E-state index contributed by atoms with van der Waals surface area (Å²) < 4.78 is 1.85. The van der Waals surface area contributed by atoms with Crippen molar-refractivity contribution < 1.29 is 0 Å². The van der Waals surface area contributed by atoms with E-state index in [1.807, 2.05) is 25.0 Å². The van der Waals surface area contributed by atoms with Gasteiger partial charge in [-0.2, -0.15) is 5.10 Å². The molecule has 3 heteroatoms. The zero-order valence-corrected chi connectivity index (χ0v) is 11.6. The summed E-state index contributed by atoms with van der Waals surface area (Å²) in [6, 6.07) is 6.79. The molecule has 0 aliphatic rings. The van der Waals surface area contributed by atoms with Gasteiger partial charge in [0.05, 0.1) is 6.20 Å². The topological polar surface area (TPSA) is 29.9 Å². The maximum absolute atomic E-state index is 4.25. The Morgan fingerprint density at radius 1 is 1.28 bits per heavy atom. The van der Waals surface area contributed by atoms with Crippen LogP contribution < -0.4 is 5.32 Å². The third kappa shape index (κ3) is 2.62. The number of hydrogen-bond acceptors (Lipinski definition) is 2. The second-order valence-corrected chi connectivity index (χ2v) is 4.86. The fraction of sp³-hybridized carbons (Fsp3) is 0.400. The van der Waals surface area contributed by atoms with Crippen LogP contribution >= 0.6 is 0 Å². The molecule has 18 heavy (non-hydrogen) atoms. The molecule has 0 radical (unpaired) electrons. The Hall–Kier alpha value is -1.61. The normalized spacial score (nSPS) is 12.7. The van der Waals surface area contributed by atoms with Crippen LogP contribution in [0.4, 0.5) is 0 Å². The number of likely N-dealkylation sites (N-methyl/N-ethyl adjacent to an activating group) is 1. The zero-order valence-electron chi connectivity index (χ0n) is 11.6. The minimum absolute atomic E-state index is 0.318. The molecule has 1 aromatic carbocycles. The molecule has 2 aromatic rings. The van der Waals surface area contributed by atoms with Gasteiger partial charge in [-0.05, 0) is 44.0 Å². The SMILES string of the molecule is CNC(Cc1c(C)cccc1C)c1cnn(C)c1. The summed E-state index contributed by atoms with van der Waals surface area (Å²) in [6.07, 6.45) is 5.02. The molecular formula is C15H21N3. The summed E-state index contributed by atoms with van der Waals surface area (Å²) >= 11 is 0. The summed E-state index contributed by atoms with van der Waals surface area (Å²) in [4.78, 5) is 0. The molecule has 0 saturated carbocycles. The van der Waals surface area contributed by atoms with Crippen molar-refractivity contribution >= 4 is 0 Å². The molecule has 0 amide bonds. The predicted molar refractivity (Wildman–Crippen MR) is 74.6 cm³/mol. The highest BCUT2D eigenvalue weighted by atomic mass is 15.2. The molecule has 1 atom stereocenters. The van der Waals surface area contributed by atoms with E-state index in [-0.39, 0.29) is 0 Å². The van der Waals surface area contributed by atoms with Crippen LogP contribution in [0.25, 0.3) is 0 Å². The lowest BCUT2D eigenvalue weighted by Gasteiger charge is -2.17. The molecule has 0 aliphatic heterocycles. The van der Waals surface area contributed by atoms with E-state index >= 15 is 0 Å². The van der Waals surface area contributed by atoms with Gasteiger partial charge in [0.25, 0.3) is 0 Å². The van der Waals surface area contributed by atoms with E-state index in [9.17, 15) is 0 Å². The molecule has 0 spiro atoms. The molecule has 1 aromatic heterocycles. The monoisotopic (exact) mass is 243 g/mol. The summed E-state index contributed by atoms with van der Waals surface area (Å²) in [5, 5.41) is 7.63. The van der Waals surface area contributed by atoms with Crippen molar-refractivity contribution in [1.82, 2.24) is 15.1 Å². The van der Waals surface area contributed by atoms with E-state index in [1.165, 1.54) is 22.3 Å². The Bertz CT molecular complexity index is 508. The van der Waals surface area contributed by atoms with Crippen molar-refractivity contribution in [3.63, 3.8) is 0 Å². The minimum Gasteiger partial charge on any atom is -0.313 e. The van der Waals surface area contributed by atoms with Crippen LogP contribution in [0.15, 0.2) is 30.6 Å². The molecule has 1 N–H and O–H groups in total. The molecule has 1 unspecified atom stereocenters. The second kappa shape index (κ2) is 5.36. The highest BCUT2D eigenvalue weighted by Crippen LogP contribution is 2.22. The standard InChI is InChI=1S/C15H21N3/c1-11-6-5-7-12(2)14(11)8-15(16-3)13-9-17-18(4)10-13/h5-7,9-10,15-16H,8H2,1-4H3. The molecule has 3 nitrogen and oxygen atoms in total. The van der Waals surface area contributed by atoms with Gasteiger partial charge in [0.1, 0.15) is 0 Å². The van der Waals surface area contributed by atoms with Crippen LogP contribution in [-0.2, 0) is 13.5 Å². The van der Waals surface area contributed by atoms with Crippen molar-refractivity contribution in [3.05, 3.63) is 52.8 Å². The van der Waals surface area contributed by atoms with Crippen LogP contribution in [0.2, 0.25) is 0 Å². The Morgan fingerprint density at radius 3 is 2.44 bits per heavy atom. The summed E-state index contributed by atoms with van der Waals surface area (Å²) in [5.41, 5.74) is 5.39. The lowest BCUT2D eigenvalue weighted by molar-refractivity contribution is 0.588. The average Bonchev–Trinajstić information content (AvgIpc) is 2.76. The zero-order chi connectivity index (χ0) is 13.1. The van der Waals surface area contributed by atoms with E-state index in [2.05, 4.69) is 48.7 Å². The maximum Gasteiger partial charge on any atom is 0.0537 e. The average molecular weight is 243 g/mol. The third-order valence-electron chi connectivity index (χ3n) is 3.53. The first-order valence-corrected chi connectivity index (χ1v) is 6.32. The van der Waals surface area contributed by atoms with Crippen molar-refractivity contribution in [2.75, 3.05) is 7.05 Å². The number of aromatic nitrogens is 2. The maximum atomic E-state index is 4.25. The number of rotatable bonds is 4. The van der Waals surface area contributed by atoms with Crippen molar-refractivity contribution in [2.45, 2.75) is 26.3 Å². The fourth-order valence-electron chi connectivity index (χ4n) is 2.38. The third-order valence-corrected chi connectivity index (χ3v) is 3.53. The molecule has 0 bridgehead atoms. The molecule has 1 heterocycles. The lowest BCUT2D eigenvalue weighted by atomic mass is 9.94. The van der Waals surface area contributed by atoms with Gasteiger partial charge in [-0.1, -0.05) is 18.2 Å². The van der Waals surface area contributed by atoms with Crippen LogP contribution in [0.1, 0.15) is 28.3 Å². The molecule has 0 saturated heterocycles. The fourth-order valence-corrected chi connectivity index (χ4v) is 2.38. The quantitative estimate of drug-likeness (QED) is 0.894. The first kappa shape index (κ1) is 12.8. The van der Waals surface area contributed by atoms with E-state index < -0.39 is 0 Å². The number of hydrogen-bond donors (Lipinski definition) is 1. The molecule has 0 aliphatic carbocycles. The largest absolute Gasteiger partial charge is 0.313 e. The van der Waals surface area contributed by atoms with Crippen LogP contribution in [0, 0.1) is 13.8 Å². The lowest BCUT2D eigenvalue weighted by Crippen LogP contribution is -2.19. The first-order valence-electron chi connectivity index (χ1n) is 6.32. The van der Waals surface area contributed by atoms with E-state index in [4.69, 9.17) is 0 Å². The minimum atomic E-state index is 0.318. The van der Waals surface area contributed by atoms with Crippen molar-refractivity contribution in [1.29, 1.82) is 0 Å². The highest BCUT2D eigenvalue weighted by Gasteiger charge is 2.14. The highest BCUT2D eigenvalue weighted by molar-refractivity contribution is 5.35. The number of nitrogens with one attached hydrogen (secondary N) is 1. The van der Waals surface area contributed by atoms with Crippen molar-refractivity contribution in [3.8, 4) is 0 Å². The van der Waals surface area contributed by atoms with Gasteiger partial charge in [-0.3, -0.25) is 4.68 Å². The molecule has 2 rings (SSSR count). The Morgan fingerprint density at radius 2 is 1.94 bits per heavy atom. The van der Waals surface area contributed by atoms with Crippen molar-refractivity contribution in [2.24, 2.45) is 7.05 Å². The van der Waals surface area contributed by atoms with E-state index in [1.54, 1.807) is 0 Å². The van der Waals surface area contributed by atoms with E-state index in [0.29, 0.717) is 6.04 Å². The second-order valence-electron chi connectivity index (χ2n) is 4.86. The van der Waals surface area contributed by atoms with Crippen LogP contribution in [0.5, 0.6) is 0 Å². The van der Waals surface area contributed by atoms with Gasteiger partial charge in [-0.15, -0.1) is 0 Å². The van der Waals surface area contributed by atoms with Crippen LogP contribution in [-0.4, -0.2) is 16.8 Å². The van der Waals surface area contributed by atoms with Gasteiger partial charge in [0.2, 0.25) is 0 Å². The predicted octanol–water partition coefficient (Wildman–Crippen LogP) is 2.54. The van der Waals surface area contributed by atoms with Gasteiger partial charge < -0.3 is 5.32 Å². The summed E-state index contributed by atoms with van der Waals surface area (Å²) in [5.74, 6) is 0. The number of aryl methyl sites for hydroxylation is 3. The summed E-state index contributed by atoms with van der Waals surface area (Å²) in [6.45, 7) is 4.36. The Balaban J connectivity index is 2.26. The van der Waals surface area contributed by atoms with Crippen LogP contribution in [0.3, 0.4) is 0 Å². The van der Waals surface area contributed by atoms with E-state index in [0.717, 1.165) is 6.42 Å².